The Hall–Kier alpha value is 0.270. The molecule has 0 saturated carbocycles. The molecule has 0 aromatic rings. The highest BCUT2D eigenvalue weighted by atomic mass is 32.2. The summed E-state index contributed by atoms with van der Waals surface area (Å²) < 4.78 is 0. The van der Waals surface area contributed by atoms with Crippen LogP contribution in [0, 0.1) is 0 Å². The predicted molar refractivity (Wildman–Crippen MR) is 37.0 cm³/mol. The van der Waals surface area contributed by atoms with E-state index in [0.717, 1.165) is 12.2 Å². The first-order valence-electron chi connectivity index (χ1n) is 2.62. The Balaban J connectivity index is 2.86. The van der Waals surface area contributed by atoms with Crippen LogP contribution in [0.1, 0.15) is 6.42 Å². The molecule has 2 nitrogen and oxygen atoms in total. The second kappa shape index (κ2) is 5.41. The van der Waals surface area contributed by atoms with Crippen LogP contribution in [0.5, 0.6) is 0 Å². The van der Waals surface area contributed by atoms with E-state index in [2.05, 4.69) is 0 Å². The van der Waals surface area contributed by atoms with E-state index in [1.165, 1.54) is 0 Å². The number of hydrogen-bond acceptors (Lipinski definition) is 2. The SMILES string of the molecule is CSCC[C@H]([NH])CO. The molecular formula is C5H12NOS. The molecule has 0 saturated heterocycles. The van der Waals surface area contributed by atoms with Gasteiger partial charge in [-0.2, -0.15) is 11.8 Å². The number of hydrogen-bond donors (Lipinski definition) is 1. The van der Waals surface area contributed by atoms with Gasteiger partial charge in [-0.05, 0) is 18.4 Å². The van der Waals surface area contributed by atoms with Crippen molar-refractivity contribution in [3.05, 3.63) is 0 Å². The summed E-state index contributed by atoms with van der Waals surface area (Å²) in [5.41, 5.74) is 7.06. The molecule has 0 rings (SSSR count). The molecule has 2 N–H and O–H groups in total. The molecule has 0 aliphatic rings. The van der Waals surface area contributed by atoms with Crippen LogP contribution in [-0.2, 0) is 0 Å². The topological polar surface area (TPSA) is 44.0 Å². The van der Waals surface area contributed by atoms with Crippen molar-refractivity contribution in [2.45, 2.75) is 12.5 Å². The van der Waals surface area contributed by atoms with E-state index in [1.54, 1.807) is 11.8 Å². The summed E-state index contributed by atoms with van der Waals surface area (Å²) >= 11 is 1.71. The molecule has 0 heterocycles. The van der Waals surface area contributed by atoms with Crippen LogP contribution in [0.3, 0.4) is 0 Å². The number of aliphatic hydroxyl groups excluding tert-OH is 1. The average molecular weight is 134 g/mol. The summed E-state index contributed by atoms with van der Waals surface area (Å²) in [5, 5.41) is 8.36. The molecule has 0 spiro atoms. The summed E-state index contributed by atoms with van der Waals surface area (Å²) in [6.07, 6.45) is 2.81. The molecule has 3 heteroatoms. The van der Waals surface area contributed by atoms with Crippen molar-refractivity contribution in [3.8, 4) is 0 Å². The third-order valence-corrected chi connectivity index (χ3v) is 1.53. The average Bonchev–Trinajstić information content (AvgIpc) is 1.83. The van der Waals surface area contributed by atoms with Crippen LogP contribution in [0.25, 0.3) is 0 Å². The highest BCUT2D eigenvalue weighted by Gasteiger charge is 1.97. The van der Waals surface area contributed by atoms with E-state index in [0.29, 0.717) is 0 Å². The number of rotatable bonds is 4. The van der Waals surface area contributed by atoms with Crippen molar-refractivity contribution in [3.63, 3.8) is 0 Å². The highest BCUT2D eigenvalue weighted by Crippen LogP contribution is 1.97. The second-order valence-electron chi connectivity index (χ2n) is 1.66. The molecule has 0 aromatic carbocycles. The largest absolute Gasteiger partial charge is 0.395 e. The minimum Gasteiger partial charge on any atom is -0.395 e. The summed E-state index contributed by atoms with van der Waals surface area (Å²) in [5.74, 6) is 0.981. The van der Waals surface area contributed by atoms with E-state index in [-0.39, 0.29) is 12.6 Å². The quantitative estimate of drug-likeness (QED) is 0.604. The van der Waals surface area contributed by atoms with Crippen LogP contribution >= 0.6 is 11.8 Å². The molecule has 0 unspecified atom stereocenters. The molecule has 0 amide bonds. The van der Waals surface area contributed by atoms with Crippen LogP contribution in [0.2, 0.25) is 0 Å². The maximum Gasteiger partial charge on any atom is 0.0598 e. The van der Waals surface area contributed by atoms with Gasteiger partial charge in [0, 0.05) is 6.04 Å². The van der Waals surface area contributed by atoms with Gasteiger partial charge in [-0.25, -0.2) is 0 Å². The molecule has 49 valence electrons. The van der Waals surface area contributed by atoms with Gasteiger partial charge in [0.1, 0.15) is 0 Å². The minimum atomic E-state index is -0.262. The summed E-state index contributed by atoms with van der Waals surface area (Å²) in [6.45, 7) is 0.000556. The fourth-order valence-corrected chi connectivity index (χ4v) is 0.872. The second-order valence-corrected chi connectivity index (χ2v) is 2.65. The summed E-state index contributed by atoms with van der Waals surface area (Å²) in [6, 6.07) is -0.262. The molecule has 0 aliphatic heterocycles. The zero-order valence-electron chi connectivity index (χ0n) is 5.05. The van der Waals surface area contributed by atoms with Crippen LogP contribution in [-0.4, -0.2) is 29.8 Å². The highest BCUT2D eigenvalue weighted by molar-refractivity contribution is 7.98. The molecular weight excluding hydrogens is 122 g/mol. The normalized spacial score (nSPS) is 13.9. The molecule has 0 fully saturated rings. The molecule has 0 bridgehead atoms. The fourth-order valence-electron chi connectivity index (χ4n) is 0.351. The molecule has 0 aromatic heterocycles. The molecule has 0 aliphatic carbocycles. The van der Waals surface area contributed by atoms with E-state index in [9.17, 15) is 0 Å². The zero-order chi connectivity index (χ0) is 6.41. The maximum atomic E-state index is 8.36. The lowest BCUT2D eigenvalue weighted by atomic mass is 10.3. The van der Waals surface area contributed by atoms with E-state index in [4.69, 9.17) is 10.8 Å². The van der Waals surface area contributed by atoms with Gasteiger partial charge in [-0.3, -0.25) is 5.73 Å². The maximum absolute atomic E-state index is 8.36. The van der Waals surface area contributed by atoms with Crippen molar-refractivity contribution in [1.29, 1.82) is 0 Å². The van der Waals surface area contributed by atoms with Crippen molar-refractivity contribution in [1.82, 2.24) is 5.73 Å². The van der Waals surface area contributed by atoms with E-state index >= 15 is 0 Å². The summed E-state index contributed by atoms with van der Waals surface area (Å²) in [7, 11) is 0. The minimum absolute atomic E-state index is 0.000556. The number of aliphatic hydroxyl groups is 1. The number of thioether (sulfide) groups is 1. The van der Waals surface area contributed by atoms with Gasteiger partial charge in [0.2, 0.25) is 0 Å². The Morgan fingerprint density at radius 3 is 2.75 bits per heavy atom. The molecule has 8 heavy (non-hydrogen) atoms. The van der Waals surface area contributed by atoms with Crippen molar-refractivity contribution in [2.75, 3.05) is 18.6 Å². The Bertz CT molecular complexity index is 51.7. The van der Waals surface area contributed by atoms with Gasteiger partial charge >= 0.3 is 0 Å². The van der Waals surface area contributed by atoms with Gasteiger partial charge in [0.05, 0.1) is 6.61 Å². The van der Waals surface area contributed by atoms with Crippen molar-refractivity contribution < 1.29 is 5.11 Å². The first-order chi connectivity index (χ1) is 3.81. The van der Waals surface area contributed by atoms with Crippen molar-refractivity contribution in [2.24, 2.45) is 0 Å². The van der Waals surface area contributed by atoms with E-state index in [1.807, 2.05) is 6.26 Å². The lowest BCUT2D eigenvalue weighted by Gasteiger charge is -2.02. The lowest BCUT2D eigenvalue weighted by Crippen LogP contribution is -2.14. The Morgan fingerprint density at radius 2 is 2.38 bits per heavy atom. The summed E-state index contributed by atoms with van der Waals surface area (Å²) in [4.78, 5) is 0. The monoisotopic (exact) mass is 134 g/mol. The van der Waals surface area contributed by atoms with Crippen LogP contribution in [0.4, 0.5) is 0 Å². The Morgan fingerprint density at radius 1 is 1.75 bits per heavy atom. The predicted octanol–water partition coefficient (Wildman–Crippen LogP) is 0.383. The third kappa shape index (κ3) is 4.43. The van der Waals surface area contributed by atoms with Gasteiger partial charge < -0.3 is 5.11 Å². The fraction of sp³-hybridized carbons (Fsp3) is 1.00. The first kappa shape index (κ1) is 8.27. The number of nitrogens with one attached hydrogen (secondary N) is 1. The van der Waals surface area contributed by atoms with Crippen molar-refractivity contribution >= 4 is 11.8 Å². The van der Waals surface area contributed by atoms with Gasteiger partial charge in [0.15, 0.2) is 0 Å². The Labute approximate surface area is 54.5 Å². The molecule has 1 atom stereocenters. The lowest BCUT2D eigenvalue weighted by molar-refractivity contribution is 0.260. The van der Waals surface area contributed by atoms with Crippen LogP contribution in [0.15, 0.2) is 0 Å². The van der Waals surface area contributed by atoms with Gasteiger partial charge in [-0.15, -0.1) is 0 Å². The van der Waals surface area contributed by atoms with Crippen LogP contribution < -0.4 is 5.73 Å². The van der Waals surface area contributed by atoms with E-state index < -0.39 is 0 Å². The smallest absolute Gasteiger partial charge is 0.0598 e. The zero-order valence-corrected chi connectivity index (χ0v) is 5.87. The Kier molecular flexibility index (Phi) is 5.59. The standard InChI is InChI=1S/C5H12NOS/c1-8-3-2-5(6)4-7/h5-7H,2-4H2,1H3/t5-/m0/s1. The molecule has 1 radical (unpaired) electrons. The first-order valence-corrected chi connectivity index (χ1v) is 4.01. The third-order valence-electron chi connectivity index (χ3n) is 0.891. The van der Waals surface area contributed by atoms with Gasteiger partial charge in [0.25, 0.3) is 0 Å². The van der Waals surface area contributed by atoms with Gasteiger partial charge in [-0.1, -0.05) is 0 Å².